The molecule has 0 spiro atoms. The van der Waals surface area contributed by atoms with E-state index in [-0.39, 0.29) is 17.9 Å². The number of likely N-dealkylation sites (tertiary alicyclic amines) is 1. The molecule has 0 aliphatic carbocycles. The van der Waals surface area contributed by atoms with Crippen LogP contribution in [0.15, 0.2) is 36.7 Å². The van der Waals surface area contributed by atoms with Crippen molar-refractivity contribution in [3.05, 3.63) is 53.5 Å². The van der Waals surface area contributed by atoms with Crippen LogP contribution in [0.2, 0.25) is 0 Å². The Morgan fingerprint density at radius 1 is 1.30 bits per heavy atom. The lowest BCUT2D eigenvalue weighted by atomic mass is 9.92. The molecule has 3 N–H and O–H groups in total. The van der Waals surface area contributed by atoms with E-state index in [9.17, 15) is 9.59 Å². The summed E-state index contributed by atoms with van der Waals surface area (Å²) >= 11 is 0. The van der Waals surface area contributed by atoms with Gasteiger partial charge >= 0.3 is 6.03 Å². The Bertz CT molecular complexity index is 1040. The average molecular weight is 409 g/mol. The number of amides is 3. The van der Waals surface area contributed by atoms with E-state index in [1.807, 2.05) is 23.2 Å². The fraction of sp³-hybridized carbons (Fsp3) is 0.409. The number of nitrogens with one attached hydrogen (secondary N) is 3. The van der Waals surface area contributed by atoms with Crippen molar-refractivity contribution in [2.75, 3.05) is 33.7 Å². The number of rotatable bonds is 5. The summed E-state index contributed by atoms with van der Waals surface area (Å²) in [5.41, 5.74) is 3.73. The minimum Gasteiger partial charge on any atom is -0.361 e. The summed E-state index contributed by atoms with van der Waals surface area (Å²) in [5.74, 6) is 0.0126. The maximum Gasteiger partial charge on any atom is 0.317 e. The number of H-pyrrole nitrogens is 2. The normalized spacial score (nSPS) is 16.6. The zero-order valence-corrected chi connectivity index (χ0v) is 17.4. The fourth-order valence-electron chi connectivity index (χ4n) is 4.17. The smallest absolute Gasteiger partial charge is 0.317 e. The van der Waals surface area contributed by atoms with Gasteiger partial charge in [0, 0.05) is 56.7 Å². The van der Waals surface area contributed by atoms with Gasteiger partial charge < -0.3 is 20.1 Å². The predicted octanol–water partition coefficient (Wildman–Crippen LogP) is 2.72. The van der Waals surface area contributed by atoms with Crippen LogP contribution in [0, 0.1) is 0 Å². The SMILES string of the molecule is CN(C)C(=O)c1cn[nH]c1[C@H]1CCCN(C(=O)NCCc2c[nH]c3ccccc23)C1. The van der Waals surface area contributed by atoms with Gasteiger partial charge in [0.25, 0.3) is 5.91 Å². The van der Waals surface area contributed by atoms with Gasteiger partial charge in [-0.05, 0) is 30.9 Å². The van der Waals surface area contributed by atoms with Crippen molar-refractivity contribution < 1.29 is 9.59 Å². The molecule has 3 amide bonds. The Morgan fingerprint density at radius 2 is 2.13 bits per heavy atom. The van der Waals surface area contributed by atoms with Crippen molar-refractivity contribution in [2.24, 2.45) is 0 Å². The monoisotopic (exact) mass is 408 g/mol. The first-order valence-corrected chi connectivity index (χ1v) is 10.4. The molecule has 8 nitrogen and oxygen atoms in total. The predicted molar refractivity (Wildman–Crippen MR) is 116 cm³/mol. The molecule has 1 fully saturated rings. The molecular weight excluding hydrogens is 380 g/mol. The highest BCUT2D eigenvalue weighted by atomic mass is 16.2. The largest absolute Gasteiger partial charge is 0.361 e. The number of benzene rings is 1. The van der Waals surface area contributed by atoms with E-state index in [0.717, 1.165) is 37.0 Å². The number of aromatic amines is 2. The Hall–Kier alpha value is -3.29. The van der Waals surface area contributed by atoms with Gasteiger partial charge in [-0.2, -0.15) is 5.10 Å². The molecule has 0 bridgehead atoms. The number of carbonyl (C=O) groups excluding carboxylic acids is 2. The lowest BCUT2D eigenvalue weighted by Gasteiger charge is -2.32. The maximum absolute atomic E-state index is 12.7. The molecule has 1 atom stereocenters. The number of hydrogen-bond acceptors (Lipinski definition) is 3. The Kier molecular flexibility index (Phi) is 5.74. The van der Waals surface area contributed by atoms with Crippen molar-refractivity contribution in [2.45, 2.75) is 25.2 Å². The third kappa shape index (κ3) is 4.03. The highest BCUT2D eigenvalue weighted by Crippen LogP contribution is 2.28. The van der Waals surface area contributed by atoms with Crippen LogP contribution < -0.4 is 5.32 Å². The number of para-hydroxylation sites is 1. The molecule has 0 radical (unpaired) electrons. The van der Waals surface area contributed by atoms with E-state index in [4.69, 9.17) is 0 Å². The summed E-state index contributed by atoms with van der Waals surface area (Å²) in [5, 5.41) is 11.3. The topological polar surface area (TPSA) is 97.1 Å². The minimum atomic E-state index is -0.0703. The molecular formula is C22H28N6O2. The van der Waals surface area contributed by atoms with Gasteiger partial charge in [0.05, 0.1) is 17.5 Å². The highest BCUT2D eigenvalue weighted by Gasteiger charge is 2.29. The molecule has 1 saturated heterocycles. The van der Waals surface area contributed by atoms with Crippen LogP contribution in [-0.4, -0.2) is 70.6 Å². The Morgan fingerprint density at radius 3 is 2.97 bits per heavy atom. The second kappa shape index (κ2) is 8.61. The molecule has 2 aromatic heterocycles. The number of nitrogens with zero attached hydrogens (tertiary/aromatic N) is 3. The number of carbonyl (C=O) groups is 2. The Balaban J connectivity index is 1.35. The van der Waals surface area contributed by atoms with Crippen LogP contribution in [0.5, 0.6) is 0 Å². The lowest BCUT2D eigenvalue weighted by Crippen LogP contribution is -2.45. The molecule has 158 valence electrons. The number of piperidine rings is 1. The van der Waals surface area contributed by atoms with Crippen LogP contribution in [0.25, 0.3) is 10.9 Å². The van der Waals surface area contributed by atoms with Crippen LogP contribution in [0.3, 0.4) is 0 Å². The van der Waals surface area contributed by atoms with E-state index in [0.29, 0.717) is 18.7 Å². The molecule has 0 saturated carbocycles. The second-order valence-electron chi connectivity index (χ2n) is 8.02. The summed E-state index contributed by atoms with van der Waals surface area (Å²) in [7, 11) is 3.46. The molecule has 8 heteroatoms. The first-order chi connectivity index (χ1) is 14.5. The van der Waals surface area contributed by atoms with Crippen LogP contribution >= 0.6 is 0 Å². The summed E-state index contributed by atoms with van der Waals surface area (Å²) in [6.45, 7) is 1.88. The number of fused-ring (bicyclic) bond motifs is 1. The zero-order valence-electron chi connectivity index (χ0n) is 17.4. The van der Waals surface area contributed by atoms with Crippen LogP contribution in [0.1, 0.15) is 40.4 Å². The van der Waals surface area contributed by atoms with Crippen molar-refractivity contribution in [3.8, 4) is 0 Å². The van der Waals surface area contributed by atoms with E-state index >= 15 is 0 Å². The van der Waals surface area contributed by atoms with E-state index < -0.39 is 0 Å². The first-order valence-electron chi connectivity index (χ1n) is 10.4. The zero-order chi connectivity index (χ0) is 21.1. The lowest BCUT2D eigenvalue weighted by molar-refractivity contribution is 0.0825. The van der Waals surface area contributed by atoms with E-state index in [2.05, 4.69) is 32.6 Å². The summed E-state index contributed by atoms with van der Waals surface area (Å²) in [6.07, 6.45) is 6.19. The average Bonchev–Trinajstić information content (AvgIpc) is 3.41. The van der Waals surface area contributed by atoms with Crippen molar-refractivity contribution >= 4 is 22.8 Å². The first kappa shape index (κ1) is 20.0. The quantitative estimate of drug-likeness (QED) is 0.605. The molecule has 1 aliphatic rings. The third-order valence-electron chi connectivity index (χ3n) is 5.77. The van der Waals surface area contributed by atoms with Crippen molar-refractivity contribution in [3.63, 3.8) is 0 Å². The third-order valence-corrected chi connectivity index (χ3v) is 5.77. The molecule has 1 aromatic carbocycles. The summed E-state index contributed by atoms with van der Waals surface area (Å²) < 4.78 is 0. The van der Waals surface area contributed by atoms with Gasteiger partial charge in [-0.15, -0.1) is 0 Å². The van der Waals surface area contributed by atoms with Gasteiger partial charge in [-0.25, -0.2) is 4.79 Å². The van der Waals surface area contributed by atoms with E-state index in [1.165, 1.54) is 10.9 Å². The second-order valence-corrected chi connectivity index (χ2v) is 8.02. The highest BCUT2D eigenvalue weighted by molar-refractivity contribution is 5.95. The molecule has 0 unspecified atom stereocenters. The molecule has 30 heavy (non-hydrogen) atoms. The number of aromatic nitrogens is 3. The standard InChI is InChI=1S/C22H28N6O2/c1-27(2)21(29)18-13-25-26-20(18)16-6-5-11-28(14-16)22(30)23-10-9-15-12-24-19-8-4-3-7-17(15)19/h3-4,7-8,12-13,16,24H,5-6,9-11,14H2,1-2H3,(H,23,30)(H,25,26)/t16-/m0/s1. The summed E-state index contributed by atoms with van der Waals surface area (Å²) in [6, 6.07) is 8.12. The van der Waals surface area contributed by atoms with Crippen molar-refractivity contribution in [1.29, 1.82) is 0 Å². The van der Waals surface area contributed by atoms with Gasteiger partial charge in [0.2, 0.25) is 0 Å². The van der Waals surface area contributed by atoms with Crippen molar-refractivity contribution in [1.82, 2.24) is 30.3 Å². The van der Waals surface area contributed by atoms with Gasteiger partial charge in [-0.3, -0.25) is 9.89 Å². The maximum atomic E-state index is 12.7. The van der Waals surface area contributed by atoms with Gasteiger partial charge in [-0.1, -0.05) is 18.2 Å². The van der Waals surface area contributed by atoms with Gasteiger partial charge in [0.15, 0.2) is 0 Å². The summed E-state index contributed by atoms with van der Waals surface area (Å²) in [4.78, 5) is 31.8. The fourth-order valence-corrected chi connectivity index (χ4v) is 4.17. The minimum absolute atomic E-state index is 0.0560. The van der Waals surface area contributed by atoms with Crippen LogP contribution in [-0.2, 0) is 6.42 Å². The molecule has 4 rings (SSSR count). The van der Waals surface area contributed by atoms with E-state index in [1.54, 1.807) is 25.2 Å². The van der Waals surface area contributed by atoms with Gasteiger partial charge in [0.1, 0.15) is 0 Å². The molecule has 3 aromatic rings. The number of hydrogen-bond donors (Lipinski definition) is 3. The Labute approximate surface area is 175 Å². The number of urea groups is 1. The van der Waals surface area contributed by atoms with Crippen LogP contribution in [0.4, 0.5) is 4.79 Å². The molecule has 3 heterocycles. The molecule has 1 aliphatic heterocycles.